The predicted octanol–water partition coefficient (Wildman–Crippen LogP) is 0.663. The molecule has 0 heterocycles. The van der Waals surface area contributed by atoms with E-state index >= 15 is 0 Å². The van der Waals surface area contributed by atoms with Crippen LogP contribution in [-0.4, -0.2) is 13.2 Å². The van der Waals surface area contributed by atoms with Crippen LogP contribution in [0.2, 0.25) is 0 Å². The van der Waals surface area contributed by atoms with Gasteiger partial charge in [0.15, 0.2) is 0 Å². The van der Waals surface area contributed by atoms with E-state index in [0.29, 0.717) is 0 Å². The molecule has 0 N–H and O–H groups in total. The summed E-state index contributed by atoms with van der Waals surface area (Å²) >= 11 is -5.20. The van der Waals surface area contributed by atoms with Crippen molar-refractivity contribution in [2.45, 2.75) is 0 Å². The normalized spacial score (nSPS) is 11.3. The van der Waals surface area contributed by atoms with E-state index in [1.807, 2.05) is 0 Å². The summed E-state index contributed by atoms with van der Waals surface area (Å²) in [7, 11) is 0. The van der Waals surface area contributed by atoms with Crippen molar-refractivity contribution in [3.05, 3.63) is 30.3 Å². The van der Waals surface area contributed by atoms with E-state index in [2.05, 4.69) is 0 Å². The first-order valence-electron chi connectivity index (χ1n) is 2.60. The average molecular weight is 207 g/mol. The topological polar surface area (TPSA) is 34.1 Å². The quantitative estimate of drug-likeness (QED) is 0.634. The van der Waals surface area contributed by atoms with E-state index in [1.54, 1.807) is 6.07 Å². The summed E-state index contributed by atoms with van der Waals surface area (Å²) in [6, 6.07) is 7.07. The van der Waals surface area contributed by atoms with Gasteiger partial charge in [-0.2, -0.15) is 0 Å². The summed E-state index contributed by atoms with van der Waals surface area (Å²) in [4.78, 5) is 0. The molecule has 0 saturated heterocycles. The monoisotopic (exact) mass is 208 g/mol. The molecule has 4 heteroatoms. The molecule has 0 bridgehead atoms. The summed E-state index contributed by atoms with van der Waals surface area (Å²) in [6.45, 7) is 0. The second kappa shape index (κ2) is 2.48. The Morgan fingerprint density at radius 1 is 1.10 bits per heavy atom. The van der Waals surface area contributed by atoms with E-state index in [-0.39, 0.29) is 4.46 Å². The number of hydrogen-bond acceptors (Lipinski definition) is 2. The van der Waals surface area contributed by atoms with Crippen LogP contribution < -0.4 is 4.46 Å². The van der Waals surface area contributed by atoms with Gasteiger partial charge in [0.2, 0.25) is 0 Å². The van der Waals surface area contributed by atoms with E-state index in [9.17, 15) is 11.2 Å². The van der Waals surface area contributed by atoms with Crippen LogP contribution in [0.1, 0.15) is 0 Å². The number of hydrogen-bond donors (Lipinski definition) is 0. The Labute approximate surface area is 59.8 Å². The molecule has 0 spiro atoms. The Morgan fingerprint density at radius 3 is 1.90 bits per heavy atom. The fraction of sp³-hybridized carbons (Fsp3) is 0. The van der Waals surface area contributed by atoms with Crippen molar-refractivity contribution in [1.29, 1.82) is 0 Å². The van der Waals surface area contributed by atoms with Crippen LogP contribution in [0.15, 0.2) is 30.3 Å². The van der Waals surface area contributed by atoms with Crippen LogP contribution in [-0.2, 0) is 7.67 Å². The molecule has 0 unspecified atom stereocenters. The SMILES string of the molecule is O=[Se](=O)(F)c1ccccc1. The Bertz CT molecular complexity index is 304. The maximum absolute atomic E-state index is 12.2. The minimum atomic E-state index is -5.20. The third kappa shape index (κ3) is 1.62. The Balaban J connectivity index is 3.22. The van der Waals surface area contributed by atoms with Crippen molar-refractivity contribution in [3.8, 4) is 0 Å². The molecule has 0 aliphatic heterocycles. The second-order valence-corrected chi connectivity index (χ2v) is 4.58. The van der Waals surface area contributed by atoms with Gasteiger partial charge in [-0.05, 0) is 0 Å². The van der Waals surface area contributed by atoms with Crippen molar-refractivity contribution in [3.63, 3.8) is 0 Å². The first kappa shape index (κ1) is 7.38. The first-order valence-corrected chi connectivity index (χ1v) is 5.51. The fourth-order valence-electron chi connectivity index (χ4n) is 0.583. The Morgan fingerprint density at radius 2 is 1.60 bits per heavy atom. The number of halogens is 1. The van der Waals surface area contributed by atoms with E-state index < -0.39 is 13.2 Å². The van der Waals surface area contributed by atoms with Gasteiger partial charge in [-0.3, -0.25) is 0 Å². The molecule has 0 aromatic heterocycles. The molecule has 10 heavy (non-hydrogen) atoms. The molecule has 54 valence electrons. The number of rotatable bonds is 1. The van der Waals surface area contributed by atoms with Gasteiger partial charge in [-0.1, -0.05) is 0 Å². The molecule has 0 atom stereocenters. The van der Waals surface area contributed by atoms with E-state index in [4.69, 9.17) is 0 Å². The van der Waals surface area contributed by atoms with Gasteiger partial charge in [0, 0.05) is 0 Å². The molecule has 0 saturated carbocycles. The second-order valence-electron chi connectivity index (χ2n) is 1.75. The predicted molar refractivity (Wildman–Crippen MR) is 34.3 cm³/mol. The third-order valence-electron chi connectivity index (χ3n) is 1.02. The van der Waals surface area contributed by atoms with Crippen LogP contribution in [0.5, 0.6) is 0 Å². The molecule has 0 aliphatic carbocycles. The standard InChI is InChI=1S/C6H5FO2Se/c7-10(8,9)6-4-2-1-3-5-6/h1-5H. The zero-order valence-electron chi connectivity index (χ0n) is 4.99. The van der Waals surface area contributed by atoms with Crippen LogP contribution in [0.4, 0.5) is 3.55 Å². The van der Waals surface area contributed by atoms with Crippen molar-refractivity contribution in [2.24, 2.45) is 0 Å². The van der Waals surface area contributed by atoms with Crippen LogP contribution in [0.25, 0.3) is 0 Å². The molecular formula is C6H5FO2Se. The van der Waals surface area contributed by atoms with Gasteiger partial charge in [0.1, 0.15) is 0 Å². The molecule has 2 nitrogen and oxygen atoms in total. The third-order valence-corrected chi connectivity index (χ3v) is 2.78. The first-order chi connectivity index (χ1) is 4.61. The Hall–Kier alpha value is -0.731. The fourth-order valence-corrected chi connectivity index (χ4v) is 1.59. The van der Waals surface area contributed by atoms with Crippen molar-refractivity contribution in [2.75, 3.05) is 0 Å². The van der Waals surface area contributed by atoms with Crippen molar-refractivity contribution in [1.82, 2.24) is 0 Å². The number of benzene rings is 1. The Kier molecular flexibility index (Phi) is 1.83. The molecule has 0 fully saturated rings. The van der Waals surface area contributed by atoms with Crippen LogP contribution in [0, 0.1) is 0 Å². The summed E-state index contributed by atoms with van der Waals surface area (Å²) in [5, 5.41) is 0. The summed E-state index contributed by atoms with van der Waals surface area (Å²) in [6.07, 6.45) is 0. The van der Waals surface area contributed by atoms with Gasteiger partial charge < -0.3 is 0 Å². The van der Waals surface area contributed by atoms with Gasteiger partial charge in [0.05, 0.1) is 0 Å². The van der Waals surface area contributed by atoms with E-state index in [1.165, 1.54) is 24.3 Å². The van der Waals surface area contributed by atoms with Gasteiger partial charge in [-0.25, -0.2) is 0 Å². The summed E-state index contributed by atoms with van der Waals surface area (Å²) in [5.41, 5.74) is 0. The van der Waals surface area contributed by atoms with Crippen LogP contribution in [0.3, 0.4) is 0 Å². The molecule has 0 radical (unpaired) electrons. The van der Waals surface area contributed by atoms with Crippen molar-refractivity contribution < 1.29 is 11.2 Å². The van der Waals surface area contributed by atoms with Gasteiger partial charge >= 0.3 is 59.2 Å². The molecule has 0 aliphatic rings. The summed E-state index contributed by atoms with van der Waals surface area (Å²) in [5.74, 6) is 0. The van der Waals surface area contributed by atoms with Gasteiger partial charge in [-0.15, -0.1) is 0 Å². The minimum absolute atomic E-state index is 0.223. The van der Waals surface area contributed by atoms with Gasteiger partial charge in [0.25, 0.3) is 0 Å². The maximum atomic E-state index is 12.2. The molecule has 0 amide bonds. The van der Waals surface area contributed by atoms with Crippen molar-refractivity contribution >= 4 is 17.6 Å². The average Bonchev–Trinajstić information content (AvgIpc) is 1.88. The zero-order valence-corrected chi connectivity index (χ0v) is 6.70. The molecule has 1 aromatic rings. The molecular weight excluding hydrogens is 202 g/mol. The molecule has 1 aromatic carbocycles. The van der Waals surface area contributed by atoms with E-state index in [0.717, 1.165) is 0 Å². The van der Waals surface area contributed by atoms with Crippen LogP contribution >= 0.6 is 0 Å². The summed E-state index contributed by atoms with van der Waals surface area (Å²) < 4.78 is 32.4. The zero-order chi connectivity index (χ0) is 7.61. The molecule has 1 rings (SSSR count).